The van der Waals surface area contributed by atoms with Crippen LogP contribution in [0.3, 0.4) is 0 Å². The Kier molecular flexibility index (Phi) is 4.48. The summed E-state index contributed by atoms with van der Waals surface area (Å²) in [6.45, 7) is 1.59. The van der Waals surface area contributed by atoms with Crippen molar-refractivity contribution in [3.05, 3.63) is 41.0 Å². The van der Waals surface area contributed by atoms with E-state index in [1.807, 2.05) is 7.05 Å². The highest BCUT2D eigenvalue weighted by Crippen LogP contribution is 2.29. The Morgan fingerprint density at radius 2 is 2.04 bits per heavy atom. The molecular weight excluding hydrogens is 314 g/mol. The van der Waals surface area contributed by atoms with Crippen LogP contribution in [0.5, 0.6) is 0 Å². The van der Waals surface area contributed by atoms with Gasteiger partial charge in [-0.3, -0.25) is 0 Å². The normalized spacial score (nSPS) is 17.5. The van der Waals surface area contributed by atoms with E-state index < -0.39 is 11.6 Å². The molecule has 1 aliphatic rings. The largest absolute Gasteiger partial charge is 0.383 e. The van der Waals surface area contributed by atoms with Crippen molar-refractivity contribution in [3.8, 4) is 0 Å². The molecule has 2 aromatic rings. The van der Waals surface area contributed by atoms with E-state index >= 15 is 0 Å². The number of anilines is 3. The highest BCUT2D eigenvalue weighted by atomic mass is 19.2. The van der Waals surface area contributed by atoms with Crippen molar-refractivity contribution in [2.24, 2.45) is 0 Å². The molecule has 0 bridgehead atoms. The zero-order chi connectivity index (χ0) is 17.3. The molecule has 0 spiro atoms. The highest BCUT2D eigenvalue weighted by Gasteiger charge is 2.26. The maximum Gasteiger partial charge on any atom is 0.223 e. The fourth-order valence-corrected chi connectivity index (χ4v) is 2.98. The topological polar surface area (TPSA) is 93.1 Å². The minimum atomic E-state index is -0.889. The third-order valence-electron chi connectivity index (χ3n) is 4.30. The summed E-state index contributed by atoms with van der Waals surface area (Å²) in [6, 6.07) is 4.15. The molecule has 5 N–H and O–H groups in total. The van der Waals surface area contributed by atoms with Gasteiger partial charge in [0.1, 0.15) is 11.6 Å². The van der Waals surface area contributed by atoms with E-state index in [0.717, 1.165) is 31.6 Å². The summed E-state index contributed by atoms with van der Waals surface area (Å²) in [6.07, 6.45) is 1.28. The SMILES string of the molecule is CN[C@@H]1CCN(c2nc(N)nc(N)c2Cc2ccc(F)c(F)c2)C1. The number of nitrogen functional groups attached to an aromatic ring is 2. The number of nitrogens with one attached hydrogen (secondary N) is 1. The molecular formula is C16H20F2N6. The standard InChI is InChI=1S/C16H20F2N6/c1-21-10-4-5-24(8-10)15-11(14(19)22-16(20)23-15)6-9-2-3-12(17)13(18)7-9/h2-3,7,10,21H,4-6,8H2,1H3,(H4,19,20,22,23)/t10-/m1/s1. The number of nitrogens with zero attached hydrogens (tertiary/aromatic N) is 3. The molecule has 0 radical (unpaired) electrons. The third-order valence-corrected chi connectivity index (χ3v) is 4.30. The summed E-state index contributed by atoms with van der Waals surface area (Å²) in [4.78, 5) is 10.4. The van der Waals surface area contributed by atoms with Gasteiger partial charge in [-0.1, -0.05) is 6.07 Å². The van der Waals surface area contributed by atoms with Crippen molar-refractivity contribution < 1.29 is 8.78 Å². The molecule has 0 amide bonds. The smallest absolute Gasteiger partial charge is 0.223 e. The summed E-state index contributed by atoms with van der Waals surface area (Å²) >= 11 is 0. The van der Waals surface area contributed by atoms with Crippen LogP contribution in [0.2, 0.25) is 0 Å². The number of hydrogen-bond acceptors (Lipinski definition) is 6. The number of halogens is 2. The van der Waals surface area contributed by atoms with Gasteiger partial charge in [0.25, 0.3) is 0 Å². The van der Waals surface area contributed by atoms with Crippen LogP contribution in [-0.4, -0.2) is 36.1 Å². The van der Waals surface area contributed by atoms with Crippen molar-refractivity contribution in [2.45, 2.75) is 18.9 Å². The molecule has 0 unspecified atom stereocenters. The van der Waals surface area contributed by atoms with Gasteiger partial charge in [0.15, 0.2) is 11.6 Å². The Morgan fingerprint density at radius 3 is 2.71 bits per heavy atom. The van der Waals surface area contributed by atoms with E-state index in [4.69, 9.17) is 11.5 Å². The minimum absolute atomic E-state index is 0.101. The Bertz CT molecular complexity index is 752. The summed E-state index contributed by atoms with van der Waals surface area (Å²) < 4.78 is 26.6. The van der Waals surface area contributed by atoms with E-state index in [0.29, 0.717) is 29.4 Å². The molecule has 1 saturated heterocycles. The van der Waals surface area contributed by atoms with Crippen LogP contribution in [0.25, 0.3) is 0 Å². The molecule has 0 aliphatic carbocycles. The molecule has 128 valence electrons. The summed E-state index contributed by atoms with van der Waals surface area (Å²) in [5.41, 5.74) is 13.0. The molecule has 1 aromatic carbocycles. The number of rotatable bonds is 4. The predicted molar refractivity (Wildman–Crippen MR) is 89.7 cm³/mol. The van der Waals surface area contributed by atoms with Gasteiger partial charge >= 0.3 is 0 Å². The molecule has 0 saturated carbocycles. The molecule has 3 rings (SSSR count). The van der Waals surface area contributed by atoms with Crippen molar-refractivity contribution >= 4 is 17.6 Å². The summed E-state index contributed by atoms with van der Waals surface area (Å²) in [5.74, 6) is -0.751. The van der Waals surface area contributed by atoms with Gasteiger partial charge in [-0.2, -0.15) is 9.97 Å². The van der Waals surface area contributed by atoms with E-state index in [-0.39, 0.29) is 11.8 Å². The molecule has 24 heavy (non-hydrogen) atoms. The summed E-state index contributed by atoms with van der Waals surface area (Å²) in [7, 11) is 1.92. The lowest BCUT2D eigenvalue weighted by atomic mass is 10.1. The van der Waals surface area contributed by atoms with Gasteiger partial charge < -0.3 is 21.7 Å². The second-order valence-corrected chi connectivity index (χ2v) is 5.91. The minimum Gasteiger partial charge on any atom is -0.383 e. The summed E-state index contributed by atoms with van der Waals surface area (Å²) in [5, 5.41) is 3.24. The number of benzene rings is 1. The Morgan fingerprint density at radius 1 is 1.25 bits per heavy atom. The fourth-order valence-electron chi connectivity index (χ4n) is 2.98. The molecule has 1 fully saturated rings. The van der Waals surface area contributed by atoms with Gasteiger partial charge in [0.05, 0.1) is 0 Å². The zero-order valence-electron chi connectivity index (χ0n) is 13.4. The first-order valence-electron chi connectivity index (χ1n) is 7.76. The van der Waals surface area contributed by atoms with Crippen LogP contribution in [0, 0.1) is 11.6 Å². The molecule has 1 atom stereocenters. The maximum absolute atomic E-state index is 13.5. The van der Waals surface area contributed by atoms with Gasteiger partial charge in [-0.25, -0.2) is 8.78 Å². The van der Waals surface area contributed by atoms with E-state index in [9.17, 15) is 8.78 Å². The fraction of sp³-hybridized carbons (Fsp3) is 0.375. The third kappa shape index (κ3) is 3.23. The number of likely N-dealkylation sites (N-methyl/N-ethyl adjacent to an activating group) is 1. The average Bonchev–Trinajstić information content (AvgIpc) is 3.02. The lowest BCUT2D eigenvalue weighted by Crippen LogP contribution is -2.30. The number of aromatic nitrogens is 2. The Labute approximate surface area is 138 Å². The van der Waals surface area contributed by atoms with Gasteiger partial charge in [-0.05, 0) is 31.2 Å². The van der Waals surface area contributed by atoms with Gasteiger partial charge in [0, 0.05) is 31.1 Å². The monoisotopic (exact) mass is 334 g/mol. The van der Waals surface area contributed by atoms with Crippen LogP contribution >= 0.6 is 0 Å². The predicted octanol–water partition coefficient (Wildman–Crippen LogP) is 1.31. The first-order valence-corrected chi connectivity index (χ1v) is 7.76. The molecule has 1 aromatic heterocycles. The second kappa shape index (κ2) is 6.56. The van der Waals surface area contributed by atoms with Crippen LogP contribution in [-0.2, 0) is 6.42 Å². The van der Waals surface area contributed by atoms with Crippen molar-refractivity contribution in [1.82, 2.24) is 15.3 Å². The van der Waals surface area contributed by atoms with Crippen molar-refractivity contribution in [2.75, 3.05) is 36.5 Å². The second-order valence-electron chi connectivity index (χ2n) is 5.91. The molecule has 1 aliphatic heterocycles. The zero-order valence-corrected chi connectivity index (χ0v) is 13.4. The van der Waals surface area contributed by atoms with Crippen LogP contribution in [0.1, 0.15) is 17.5 Å². The van der Waals surface area contributed by atoms with E-state index in [1.54, 1.807) is 0 Å². The van der Waals surface area contributed by atoms with Crippen molar-refractivity contribution in [1.29, 1.82) is 0 Å². The molecule has 2 heterocycles. The quantitative estimate of drug-likeness (QED) is 0.781. The first-order chi connectivity index (χ1) is 11.5. The molecule has 6 nitrogen and oxygen atoms in total. The lowest BCUT2D eigenvalue weighted by molar-refractivity contribution is 0.507. The van der Waals surface area contributed by atoms with Crippen molar-refractivity contribution in [3.63, 3.8) is 0 Å². The maximum atomic E-state index is 13.5. The number of hydrogen-bond donors (Lipinski definition) is 3. The van der Waals surface area contributed by atoms with E-state index in [2.05, 4.69) is 20.2 Å². The number of nitrogens with two attached hydrogens (primary N) is 2. The van der Waals surface area contributed by atoms with Crippen LogP contribution < -0.4 is 21.7 Å². The first kappa shape index (κ1) is 16.4. The Hall–Kier alpha value is -2.48. The van der Waals surface area contributed by atoms with Gasteiger partial charge in [-0.15, -0.1) is 0 Å². The van der Waals surface area contributed by atoms with Crippen LogP contribution in [0.15, 0.2) is 18.2 Å². The average molecular weight is 334 g/mol. The molecule has 8 heteroatoms. The lowest BCUT2D eigenvalue weighted by Gasteiger charge is -2.22. The van der Waals surface area contributed by atoms with Gasteiger partial charge in [0.2, 0.25) is 5.95 Å². The van der Waals surface area contributed by atoms with Crippen LogP contribution in [0.4, 0.5) is 26.4 Å². The highest BCUT2D eigenvalue weighted by molar-refractivity contribution is 5.61. The Balaban J connectivity index is 1.95. The van der Waals surface area contributed by atoms with E-state index in [1.165, 1.54) is 6.07 Å².